The van der Waals surface area contributed by atoms with Crippen molar-refractivity contribution in [1.29, 1.82) is 0 Å². The molecule has 0 aromatic carbocycles. The molecule has 1 saturated carbocycles. The van der Waals surface area contributed by atoms with Crippen LogP contribution in [0.5, 0.6) is 0 Å². The van der Waals surface area contributed by atoms with Crippen molar-refractivity contribution in [1.82, 2.24) is 19.3 Å². The van der Waals surface area contributed by atoms with E-state index < -0.39 is 0 Å². The molecule has 1 aliphatic carbocycles. The number of aryl methyl sites for hydroxylation is 1. The Hall–Kier alpha value is -2.63. The zero-order valence-electron chi connectivity index (χ0n) is 14.5. The highest BCUT2D eigenvalue weighted by Crippen LogP contribution is 2.24. The molecular weight excluding hydrogens is 316 g/mol. The molecule has 1 N–H and O–H groups in total. The van der Waals surface area contributed by atoms with E-state index in [2.05, 4.69) is 17.2 Å². The first-order valence-electron chi connectivity index (χ1n) is 8.84. The fourth-order valence-corrected chi connectivity index (χ4v) is 3.81. The van der Waals surface area contributed by atoms with Gasteiger partial charge in [0.2, 0.25) is 0 Å². The van der Waals surface area contributed by atoms with Crippen molar-refractivity contribution in [2.75, 3.05) is 0 Å². The van der Waals surface area contributed by atoms with E-state index in [0.29, 0.717) is 28.3 Å². The molecule has 6 heteroatoms. The minimum atomic E-state index is -0.152. The van der Waals surface area contributed by atoms with E-state index in [1.807, 2.05) is 6.07 Å². The molecule has 1 fully saturated rings. The lowest BCUT2D eigenvalue weighted by molar-refractivity contribution is 0.0902. The van der Waals surface area contributed by atoms with Crippen LogP contribution in [0, 0.1) is 5.92 Å². The van der Waals surface area contributed by atoms with Crippen molar-refractivity contribution < 1.29 is 4.79 Å². The summed E-state index contributed by atoms with van der Waals surface area (Å²) < 4.78 is 3.22. The molecule has 6 nitrogen and oxygen atoms in total. The molecule has 1 amide bonds. The highest BCUT2D eigenvalue weighted by Gasteiger charge is 2.25. The number of pyridine rings is 1. The SMILES string of the molecule is C[C@@H]1CCCC[C@H]1NC(=O)c1cc2c(=O)n3ccccc3nc2n1C. The van der Waals surface area contributed by atoms with E-state index in [-0.39, 0.29) is 17.5 Å². The lowest BCUT2D eigenvalue weighted by atomic mass is 9.86. The summed E-state index contributed by atoms with van der Waals surface area (Å²) in [7, 11) is 1.79. The van der Waals surface area contributed by atoms with E-state index in [9.17, 15) is 9.59 Å². The molecule has 3 aromatic rings. The number of amides is 1. The van der Waals surface area contributed by atoms with Crippen LogP contribution >= 0.6 is 0 Å². The van der Waals surface area contributed by atoms with Crippen molar-refractivity contribution in [3.63, 3.8) is 0 Å². The maximum atomic E-state index is 12.8. The van der Waals surface area contributed by atoms with Crippen molar-refractivity contribution in [2.24, 2.45) is 13.0 Å². The molecule has 0 radical (unpaired) electrons. The lowest BCUT2D eigenvalue weighted by Gasteiger charge is -2.29. The van der Waals surface area contributed by atoms with E-state index in [0.717, 1.165) is 19.3 Å². The first kappa shape index (κ1) is 15.9. The Balaban J connectivity index is 1.76. The van der Waals surface area contributed by atoms with Crippen LogP contribution in [0.4, 0.5) is 0 Å². The number of rotatable bonds is 2. The Morgan fingerprint density at radius 1 is 1.28 bits per heavy atom. The molecule has 0 saturated heterocycles. The van der Waals surface area contributed by atoms with Crippen LogP contribution in [0.25, 0.3) is 16.7 Å². The van der Waals surface area contributed by atoms with Gasteiger partial charge < -0.3 is 9.88 Å². The van der Waals surface area contributed by atoms with Crippen molar-refractivity contribution in [3.05, 3.63) is 46.5 Å². The Morgan fingerprint density at radius 3 is 2.88 bits per heavy atom. The highest BCUT2D eigenvalue weighted by molar-refractivity contribution is 5.98. The van der Waals surface area contributed by atoms with Gasteiger partial charge in [0.1, 0.15) is 17.0 Å². The minimum Gasteiger partial charge on any atom is -0.348 e. The molecule has 0 bridgehead atoms. The van der Waals surface area contributed by atoms with E-state index in [4.69, 9.17) is 0 Å². The fourth-order valence-electron chi connectivity index (χ4n) is 3.81. The minimum absolute atomic E-state index is 0.132. The van der Waals surface area contributed by atoms with Gasteiger partial charge in [0.25, 0.3) is 11.5 Å². The Labute approximate surface area is 145 Å². The average Bonchev–Trinajstić information content (AvgIpc) is 2.95. The second-order valence-electron chi connectivity index (χ2n) is 7.01. The third kappa shape index (κ3) is 2.62. The van der Waals surface area contributed by atoms with Crippen LogP contribution in [-0.4, -0.2) is 25.9 Å². The first-order chi connectivity index (χ1) is 12.1. The number of hydrogen-bond donors (Lipinski definition) is 1. The summed E-state index contributed by atoms with van der Waals surface area (Å²) >= 11 is 0. The molecule has 1 aliphatic rings. The van der Waals surface area contributed by atoms with Crippen molar-refractivity contribution >= 4 is 22.6 Å². The highest BCUT2D eigenvalue weighted by atomic mass is 16.2. The number of carbonyl (C=O) groups excluding carboxylic acids is 1. The topological polar surface area (TPSA) is 68.4 Å². The monoisotopic (exact) mass is 338 g/mol. The Bertz CT molecular complexity index is 1020. The molecule has 0 unspecified atom stereocenters. The number of fused-ring (bicyclic) bond motifs is 2. The summed E-state index contributed by atoms with van der Waals surface area (Å²) in [6.07, 6.45) is 6.24. The van der Waals surface area contributed by atoms with Gasteiger partial charge in [-0.15, -0.1) is 0 Å². The van der Waals surface area contributed by atoms with Gasteiger partial charge >= 0.3 is 0 Å². The average molecular weight is 338 g/mol. The summed E-state index contributed by atoms with van der Waals surface area (Å²) in [6.45, 7) is 2.19. The quantitative estimate of drug-likeness (QED) is 0.780. The standard InChI is InChI=1S/C19H22N4O2/c1-12-7-3-4-8-14(12)20-18(24)15-11-13-17(22(15)2)21-16-9-5-6-10-23(16)19(13)25/h5-6,9-12,14H,3-4,7-8H2,1-2H3,(H,20,24)/t12-,14-/m1/s1. The number of aromatic nitrogens is 3. The molecule has 4 rings (SSSR count). The van der Waals surface area contributed by atoms with Crippen LogP contribution < -0.4 is 10.9 Å². The van der Waals surface area contributed by atoms with Gasteiger partial charge in [-0.05, 0) is 37.0 Å². The largest absolute Gasteiger partial charge is 0.348 e. The number of nitrogens with zero attached hydrogens (tertiary/aromatic N) is 3. The third-order valence-corrected chi connectivity index (χ3v) is 5.37. The van der Waals surface area contributed by atoms with Crippen molar-refractivity contribution in [3.8, 4) is 0 Å². The lowest BCUT2D eigenvalue weighted by Crippen LogP contribution is -2.41. The third-order valence-electron chi connectivity index (χ3n) is 5.37. The van der Waals surface area contributed by atoms with Gasteiger partial charge in [0.05, 0.1) is 5.39 Å². The zero-order valence-corrected chi connectivity index (χ0v) is 14.5. The number of nitrogens with one attached hydrogen (secondary N) is 1. The number of carbonyl (C=O) groups is 1. The molecule has 130 valence electrons. The van der Waals surface area contributed by atoms with Gasteiger partial charge in [0.15, 0.2) is 0 Å². The molecule has 2 atom stereocenters. The second kappa shape index (κ2) is 6.02. The zero-order chi connectivity index (χ0) is 17.6. The van der Waals surface area contributed by atoms with E-state index in [1.54, 1.807) is 36.0 Å². The Morgan fingerprint density at radius 2 is 2.08 bits per heavy atom. The normalized spacial score (nSPS) is 20.9. The van der Waals surface area contributed by atoms with Gasteiger partial charge in [-0.25, -0.2) is 4.98 Å². The maximum absolute atomic E-state index is 12.8. The van der Waals surface area contributed by atoms with Crippen LogP contribution in [0.1, 0.15) is 43.1 Å². The second-order valence-corrected chi connectivity index (χ2v) is 7.01. The predicted molar refractivity (Wildman–Crippen MR) is 96.8 cm³/mol. The molecular formula is C19H22N4O2. The summed E-state index contributed by atoms with van der Waals surface area (Å²) in [5, 5.41) is 3.62. The molecule has 0 spiro atoms. The molecule has 3 aromatic heterocycles. The summed E-state index contributed by atoms with van der Waals surface area (Å²) in [6, 6.07) is 7.29. The molecule has 3 heterocycles. The molecule has 0 aliphatic heterocycles. The summed E-state index contributed by atoms with van der Waals surface area (Å²) in [5.74, 6) is 0.353. The Kier molecular flexibility index (Phi) is 3.82. The van der Waals surface area contributed by atoms with E-state index in [1.165, 1.54) is 10.8 Å². The first-order valence-corrected chi connectivity index (χ1v) is 8.84. The smallest absolute Gasteiger partial charge is 0.268 e. The maximum Gasteiger partial charge on any atom is 0.268 e. The number of hydrogen-bond acceptors (Lipinski definition) is 3. The van der Waals surface area contributed by atoms with Gasteiger partial charge in [-0.3, -0.25) is 14.0 Å². The van der Waals surface area contributed by atoms with E-state index >= 15 is 0 Å². The van der Waals surface area contributed by atoms with Crippen molar-refractivity contribution in [2.45, 2.75) is 38.6 Å². The summed E-state index contributed by atoms with van der Waals surface area (Å²) in [5.41, 5.74) is 1.45. The van der Waals surface area contributed by atoms with Crippen LogP contribution in [0.3, 0.4) is 0 Å². The molecule has 25 heavy (non-hydrogen) atoms. The fraction of sp³-hybridized carbons (Fsp3) is 0.421. The van der Waals surface area contributed by atoms with Gasteiger partial charge in [-0.2, -0.15) is 0 Å². The van der Waals surface area contributed by atoms with Crippen LogP contribution in [-0.2, 0) is 7.05 Å². The van der Waals surface area contributed by atoms with Crippen LogP contribution in [0.2, 0.25) is 0 Å². The summed E-state index contributed by atoms with van der Waals surface area (Å²) in [4.78, 5) is 30.0. The van der Waals surface area contributed by atoms with Gasteiger partial charge in [0, 0.05) is 19.3 Å². The predicted octanol–water partition coefficient (Wildman–Crippen LogP) is 2.49. The van der Waals surface area contributed by atoms with Gasteiger partial charge in [-0.1, -0.05) is 25.8 Å². The van der Waals surface area contributed by atoms with Crippen LogP contribution in [0.15, 0.2) is 35.3 Å².